The van der Waals surface area contributed by atoms with Gasteiger partial charge in [-0.3, -0.25) is 4.90 Å². The van der Waals surface area contributed by atoms with Gasteiger partial charge in [-0.15, -0.1) is 11.3 Å². The van der Waals surface area contributed by atoms with Crippen molar-refractivity contribution in [2.75, 3.05) is 13.2 Å². The lowest BCUT2D eigenvalue weighted by atomic mass is 9.92. The van der Waals surface area contributed by atoms with Crippen molar-refractivity contribution in [1.29, 1.82) is 0 Å². The third kappa shape index (κ3) is 4.07. The van der Waals surface area contributed by atoms with E-state index in [9.17, 15) is 0 Å². The van der Waals surface area contributed by atoms with Crippen LogP contribution in [-0.2, 0) is 6.54 Å². The van der Waals surface area contributed by atoms with E-state index < -0.39 is 0 Å². The highest BCUT2D eigenvalue weighted by atomic mass is 32.1. The number of nitrogens with zero attached hydrogens (tertiary/aromatic N) is 1. The largest absolute Gasteiger partial charge is 0.395 e. The first-order chi connectivity index (χ1) is 9.20. The van der Waals surface area contributed by atoms with E-state index in [0.29, 0.717) is 12.5 Å². The Morgan fingerprint density at radius 3 is 3.11 bits per heavy atom. The Morgan fingerprint density at radius 1 is 1.47 bits per heavy atom. The van der Waals surface area contributed by atoms with Gasteiger partial charge in [0.05, 0.1) is 6.61 Å². The smallest absolute Gasteiger partial charge is 0.0540 e. The first-order valence-electron chi connectivity index (χ1n) is 7.12. The normalized spacial score (nSPS) is 23.9. The lowest BCUT2D eigenvalue weighted by Gasteiger charge is -2.37. The van der Waals surface area contributed by atoms with Gasteiger partial charge in [0.1, 0.15) is 0 Å². The van der Waals surface area contributed by atoms with Gasteiger partial charge in [-0.2, -0.15) is 0 Å². The van der Waals surface area contributed by atoms with Crippen molar-refractivity contribution in [2.45, 2.75) is 45.7 Å². The van der Waals surface area contributed by atoms with Crippen LogP contribution in [0.2, 0.25) is 0 Å². The molecule has 0 amide bonds. The molecule has 1 saturated heterocycles. The number of rotatable bonds is 3. The second kappa shape index (κ2) is 7.09. The van der Waals surface area contributed by atoms with Gasteiger partial charge in [-0.1, -0.05) is 18.8 Å². The molecular weight excluding hydrogens is 254 g/mol. The van der Waals surface area contributed by atoms with Crippen LogP contribution in [-0.4, -0.2) is 29.2 Å². The molecule has 2 unspecified atom stereocenters. The summed E-state index contributed by atoms with van der Waals surface area (Å²) in [6, 6.07) is 2.88. The van der Waals surface area contributed by atoms with E-state index >= 15 is 0 Å². The average Bonchev–Trinajstić information content (AvgIpc) is 2.83. The quantitative estimate of drug-likeness (QED) is 0.858. The fourth-order valence-electron chi connectivity index (χ4n) is 2.59. The summed E-state index contributed by atoms with van der Waals surface area (Å²) in [5.41, 5.74) is 1.09. The summed E-state index contributed by atoms with van der Waals surface area (Å²) >= 11 is 1.80. The van der Waals surface area contributed by atoms with Crippen LogP contribution in [0.1, 0.15) is 43.6 Å². The molecule has 0 aromatic carbocycles. The Hall–Kier alpha value is -0.820. The van der Waals surface area contributed by atoms with E-state index in [1.165, 1.54) is 24.3 Å². The summed E-state index contributed by atoms with van der Waals surface area (Å²) in [7, 11) is 0. The standard InChI is InChI=1S/C16H23NOS/c1-13-6-5-8-17(14(13)2)11-16-10-15(12-19-16)7-3-4-9-18/h10,12-14,18H,4-6,8-9,11H2,1-2H3. The number of hydrogen-bond donors (Lipinski definition) is 1. The number of aliphatic hydroxyl groups is 1. The topological polar surface area (TPSA) is 23.5 Å². The van der Waals surface area contributed by atoms with E-state index in [-0.39, 0.29) is 6.61 Å². The number of thiophene rings is 1. The molecule has 0 saturated carbocycles. The first kappa shape index (κ1) is 14.6. The maximum atomic E-state index is 8.71. The van der Waals surface area contributed by atoms with E-state index in [0.717, 1.165) is 18.0 Å². The molecule has 0 spiro atoms. The SMILES string of the molecule is CC1CCCN(Cc2cc(C#CCCO)cs2)C1C. The highest BCUT2D eigenvalue weighted by Crippen LogP contribution is 2.26. The Bertz CT molecular complexity index is 457. The maximum absolute atomic E-state index is 8.71. The van der Waals surface area contributed by atoms with Gasteiger partial charge in [0.15, 0.2) is 0 Å². The molecule has 104 valence electrons. The highest BCUT2D eigenvalue weighted by molar-refractivity contribution is 7.10. The number of hydrogen-bond acceptors (Lipinski definition) is 3. The first-order valence-corrected chi connectivity index (χ1v) is 8.00. The second-order valence-corrected chi connectivity index (χ2v) is 6.40. The monoisotopic (exact) mass is 277 g/mol. The van der Waals surface area contributed by atoms with Crippen LogP contribution in [0.4, 0.5) is 0 Å². The third-order valence-electron chi connectivity index (χ3n) is 3.99. The summed E-state index contributed by atoms with van der Waals surface area (Å²) in [6.45, 7) is 7.12. The number of likely N-dealkylation sites (tertiary alicyclic amines) is 1. The van der Waals surface area contributed by atoms with Crippen molar-refractivity contribution in [1.82, 2.24) is 4.90 Å². The zero-order chi connectivity index (χ0) is 13.7. The van der Waals surface area contributed by atoms with Crippen LogP contribution in [0.5, 0.6) is 0 Å². The fourth-order valence-corrected chi connectivity index (χ4v) is 3.43. The lowest BCUT2D eigenvalue weighted by molar-refractivity contribution is 0.107. The summed E-state index contributed by atoms with van der Waals surface area (Å²) in [5, 5.41) is 10.8. The maximum Gasteiger partial charge on any atom is 0.0540 e. The van der Waals surface area contributed by atoms with Crippen molar-refractivity contribution < 1.29 is 5.11 Å². The molecule has 0 bridgehead atoms. The molecule has 0 aliphatic carbocycles. The predicted octanol–water partition coefficient (Wildman–Crippen LogP) is 3.10. The van der Waals surface area contributed by atoms with Gasteiger partial charge in [-0.05, 0) is 38.3 Å². The molecule has 2 nitrogen and oxygen atoms in total. The van der Waals surface area contributed by atoms with Crippen LogP contribution < -0.4 is 0 Å². The van der Waals surface area contributed by atoms with E-state index in [4.69, 9.17) is 5.11 Å². The van der Waals surface area contributed by atoms with E-state index in [2.05, 4.69) is 42.0 Å². The Balaban J connectivity index is 1.94. The van der Waals surface area contributed by atoms with Crippen LogP contribution in [0, 0.1) is 17.8 Å². The number of aliphatic hydroxyl groups excluding tert-OH is 1. The molecule has 1 aliphatic rings. The van der Waals surface area contributed by atoms with Crippen molar-refractivity contribution in [3.8, 4) is 11.8 Å². The molecule has 3 heteroatoms. The van der Waals surface area contributed by atoms with Crippen molar-refractivity contribution in [2.24, 2.45) is 5.92 Å². The van der Waals surface area contributed by atoms with Gasteiger partial charge >= 0.3 is 0 Å². The van der Waals surface area contributed by atoms with Crippen molar-refractivity contribution >= 4 is 11.3 Å². The van der Waals surface area contributed by atoms with Gasteiger partial charge in [-0.25, -0.2) is 0 Å². The van der Waals surface area contributed by atoms with Gasteiger partial charge in [0, 0.05) is 34.8 Å². The van der Waals surface area contributed by atoms with Crippen LogP contribution in [0.25, 0.3) is 0 Å². The molecule has 2 atom stereocenters. The zero-order valence-corrected chi connectivity index (χ0v) is 12.7. The number of piperidine rings is 1. The Kier molecular flexibility index (Phi) is 5.45. The molecule has 1 fully saturated rings. The van der Waals surface area contributed by atoms with Crippen LogP contribution >= 0.6 is 11.3 Å². The van der Waals surface area contributed by atoms with Crippen LogP contribution in [0.15, 0.2) is 11.4 Å². The van der Waals surface area contributed by atoms with Gasteiger partial charge in [0.25, 0.3) is 0 Å². The molecule has 1 aromatic rings. The van der Waals surface area contributed by atoms with Crippen molar-refractivity contribution in [3.63, 3.8) is 0 Å². The van der Waals surface area contributed by atoms with E-state index in [1.807, 2.05) is 0 Å². The molecule has 1 N–H and O–H groups in total. The highest BCUT2D eigenvalue weighted by Gasteiger charge is 2.24. The second-order valence-electron chi connectivity index (χ2n) is 5.41. The lowest BCUT2D eigenvalue weighted by Crippen LogP contribution is -2.41. The molecule has 2 heterocycles. The summed E-state index contributed by atoms with van der Waals surface area (Å²) in [4.78, 5) is 3.99. The minimum atomic E-state index is 0.146. The molecule has 19 heavy (non-hydrogen) atoms. The zero-order valence-electron chi connectivity index (χ0n) is 11.9. The van der Waals surface area contributed by atoms with E-state index in [1.54, 1.807) is 11.3 Å². The summed E-state index contributed by atoms with van der Waals surface area (Å²) in [6.07, 6.45) is 3.24. The molecule has 0 radical (unpaired) electrons. The molecule has 1 aromatic heterocycles. The predicted molar refractivity (Wildman–Crippen MR) is 81.2 cm³/mol. The Labute approximate surface area is 120 Å². The van der Waals surface area contributed by atoms with Crippen LogP contribution in [0.3, 0.4) is 0 Å². The minimum Gasteiger partial charge on any atom is -0.395 e. The van der Waals surface area contributed by atoms with Gasteiger partial charge < -0.3 is 5.11 Å². The third-order valence-corrected chi connectivity index (χ3v) is 4.91. The van der Waals surface area contributed by atoms with Gasteiger partial charge in [0.2, 0.25) is 0 Å². The molecular formula is C16H23NOS. The molecule has 2 rings (SSSR count). The average molecular weight is 277 g/mol. The minimum absolute atomic E-state index is 0.146. The Morgan fingerprint density at radius 2 is 2.32 bits per heavy atom. The summed E-state index contributed by atoms with van der Waals surface area (Å²) < 4.78 is 0. The fraction of sp³-hybridized carbons (Fsp3) is 0.625. The van der Waals surface area contributed by atoms with Crippen molar-refractivity contribution in [3.05, 3.63) is 21.9 Å². The summed E-state index contributed by atoms with van der Waals surface area (Å²) in [5.74, 6) is 6.89. The molecule has 1 aliphatic heterocycles.